The van der Waals surface area contributed by atoms with Crippen LogP contribution >= 0.6 is 0 Å². The Morgan fingerprint density at radius 2 is 2.08 bits per heavy atom. The van der Waals surface area contributed by atoms with Crippen LogP contribution in [0.1, 0.15) is 39.5 Å². The minimum atomic E-state index is -4.49. The van der Waals surface area contributed by atoms with Gasteiger partial charge in [-0.2, -0.15) is 23.3 Å². The average Bonchev–Trinajstić information content (AvgIpc) is 3.46. The van der Waals surface area contributed by atoms with Crippen molar-refractivity contribution < 1.29 is 32.0 Å². The SMILES string of the molecule is CCOC(=O)CCCn1ncc2cc(-c3noc(C4=CC(C(F)(F)F)C(OC(C)C)C=C4)n3)ccc21. The number of fused-ring (bicyclic) bond motifs is 1. The number of alkyl halides is 3. The lowest BCUT2D eigenvalue weighted by Crippen LogP contribution is -2.36. The molecule has 0 radical (unpaired) electrons. The highest BCUT2D eigenvalue weighted by atomic mass is 19.4. The molecule has 36 heavy (non-hydrogen) atoms. The number of ether oxygens (including phenoxy) is 2. The maximum atomic E-state index is 13.6. The van der Waals surface area contributed by atoms with Crippen LogP contribution in [0.4, 0.5) is 13.2 Å². The predicted molar refractivity (Wildman–Crippen MR) is 126 cm³/mol. The molecule has 2 aromatic heterocycles. The molecule has 0 saturated carbocycles. The first-order valence-electron chi connectivity index (χ1n) is 11.7. The molecule has 0 N–H and O–H groups in total. The molecule has 4 rings (SSSR count). The largest absolute Gasteiger partial charge is 0.466 e. The van der Waals surface area contributed by atoms with E-state index in [1.54, 1.807) is 37.7 Å². The summed E-state index contributed by atoms with van der Waals surface area (Å²) in [5.41, 5.74) is 1.70. The van der Waals surface area contributed by atoms with Gasteiger partial charge in [0.1, 0.15) is 5.92 Å². The first-order chi connectivity index (χ1) is 17.2. The molecule has 0 amide bonds. The number of carbonyl (C=O) groups excluding carboxylic acids is 1. The Labute approximate surface area is 205 Å². The molecular formula is C25H27F3N4O4. The summed E-state index contributed by atoms with van der Waals surface area (Å²) in [4.78, 5) is 15.9. The van der Waals surface area contributed by atoms with E-state index in [4.69, 9.17) is 14.0 Å². The first-order valence-corrected chi connectivity index (χ1v) is 11.7. The Balaban J connectivity index is 1.50. The summed E-state index contributed by atoms with van der Waals surface area (Å²) in [6.07, 6.45) is 0.584. The summed E-state index contributed by atoms with van der Waals surface area (Å²) in [6, 6.07) is 5.47. The molecule has 1 aliphatic rings. The topological polar surface area (TPSA) is 92.3 Å². The van der Waals surface area contributed by atoms with E-state index in [9.17, 15) is 18.0 Å². The van der Waals surface area contributed by atoms with Crippen molar-refractivity contribution in [3.05, 3.63) is 48.5 Å². The van der Waals surface area contributed by atoms with Crippen LogP contribution in [0.2, 0.25) is 0 Å². The fraction of sp³-hybridized carbons (Fsp3) is 0.440. The molecule has 1 aromatic carbocycles. The predicted octanol–water partition coefficient (Wildman–Crippen LogP) is 5.35. The van der Waals surface area contributed by atoms with Crippen LogP contribution in [0.25, 0.3) is 27.9 Å². The van der Waals surface area contributed by atoms with Crippen LogP contribution in [0, 0.1) is 5.92 Å². The summed E-state index contributed by atoms with van der Waals surface area (Å²) in [5.74, 6) is -1.81. The third kappa shape index (κ3) is 5.84. The molecule has 0 fully saturated rings. The van der Waals surface area contributed by atoms with Gasteiger partial charge in [0.2, 0.25) is 5.82 Å². The van der Waals surface area contributed by atoms with Gasteiger partial charge in [-0.25, -0.2) is 0 Å². The van der Waals surface area contributed by atoms with E-state index in [-0.39, 0.29) is 29.4 Å². The molecule has 2 unspecified atom stereocenters. The van der Waals surface area contributed by atoms with E-state index in [1.165, 1.54) is 12.2 Å². The molecule has 11 heteroatoms. The minimum Gasteiger partial charge on any atom is -0.466 e. The van der Waals surface area contributed by atoms with Crippen LogP contribution in [-0.4, -0.2) is 50.9 Å². The highest BCUT2D eigenvalue weighted by Crippen LogP contribution is 2.38. The van der Waals surface area contributed by atoms with E-state index in [1.807, 2.05) is 12.1 Å². The fourth-order valence-corrected chi connectivity index (χ4v) is 4.00. The van der Waals surface area contributed by atoms with Crippen molar-refractivity contribution in [3.63, 3.8) is 0 Å². The highest BCUT2D eigenvalue weighted by Gasteiger charge is 2.45. The normalized spacial score (nSPS) is 18.1. The summed E-state index contributed by atoms with van der Waals surface area (Å²) < 4.78 is 58.4. The Kier molecular flexibility index (Phi) is 7.58. The van der Waals surface area contributed by atoms with Gasteiger partial charge in [0.05, 0.1) is 30.5 Å². The number of hydrogen-bond acceptors (Lipinski definition) is 7. The standard InChI is InChI=1S/C25H27F3N4O4/c1-4-34-22(33)6-5-11-32-20-9-7-16(12-18(20)14-29-32)23-30-24(36-31-23)17-8-10-21(35-15(2)3)19(13-17)25(26,27)28/h7-10,12-15,19,21H,4-6,11H2,1-3H3. The van der Waals surface area contributed by atoms with Crippen molar-refractivity contribution in [1.82, 2.24) is 19.9 Å². The fourth-order valence-electron chi connectivity index (χ4n) is 4.00. The van der Waals surface area contributed by atoms with Gasteiger partial charge in [-0.05, 0) is 45.4 Å². The molecule has 0 aliphatic heterocycles. The van der Waals surface area contributed by atoms with E-state index < -0.39 is 18.2 Å². The molecule has 1 aliphatic carbocycles. The Bertz CT molecular complexity index is 1280. The quantitative estimate of drug-likeness (QED) is 0.363. The number of hydrogen-bond donors (Lipinski definition) is 0. The van der Waals surface area contributed by atoms with Gasteiger partial charge in [0, 0.05) is 29.5 Å². The van der Waals surface area contributed by atoms with Crippen LogP contribution in [0.15, 0.2) is 47.1 Å². The molecule has 0 bridgehead atoms. The van der Waals surface area contributed by atoms with Gasteiger partial charge in [-0.3, -0.25) is 9.48 Å². The smallest absolute Gasteiger partial charge is 0.397 e. The first kappa shape index (κ1) is 25.6. The summed E-state index contributed by atoms with van der Waals surface area (Å²) in [6.45, 7) is 6.05. The number of carbonyl (C=O) groups is 1. The van der Waals surface area contributed by atoms with Crippen LogP contribution < -0.4 is 0 Å². The lowest BCUT2D eigenvalue weighted by Gasteiger charge is -2.28. The second kappa shape index (κ2) is 10.7. The van der Waals surface area contributed by atoms with E-state index >= 15 is 0 Å². The molecule has 192 valence electrons. The molecular weight excluding hydrogens is 477 g/mol. The number of aryl methyl sites for hydroxylation is 1. The van der Waals surface area contributed by atoms with Gasteiger partial charge in [0.25, 0.3) is 5.89 Å². The minimum absolute atomic E-state index is 0.00625. The second-order valence-corrected chi connectivity index (χ2v) is 8.67. The Hall–Kier alpha value is -3.47. The van der Waals surface area contributed by atoms with Crippen molar-refractivity contribution in [2.75, 3.05) is 6.61 Å². The lowest BCUT2D eigenvalue weighted by molar-refractivity contribution is -0.189. The third-order valence-electron chi connectivity index (χ3n) is 5.61. The van der Waals surface area contributed by atoms with Crippen molar-refractivity contribution in [2.24, 2.45) is 5.92 Å². The molecule has 3 aromatic rings. The van der Waals surface area contributed by atoms with Crippen LogP contribution in [0.5, 0.6) is 0 Å². The number of esters is 1. The Morgan fingerprint density at radius 1 is 1.28 bits per heavy atom. The number of nitrogens with zero attached hydrogens (tertiary/aromatic N) is 4. The monoisotopic (exact) mass is 504 g/mol. The average molecular weight is 505 g/mol. The van der Waals surface area contributed by atoms with E-state index in [0.717, 1.165) is 17.0 Å². The molecule has 2 heterocycles. The van der Waals surface area contributed by atoms with Crippen molar-refractivity contribution in [1.29, 1.82) is 0 Å². The summed E-state index contributed by atoms with van der Waals surface area (Å²) in [7, 11) is 0. The zero-order valence-electron chi connectivity index (χ0n) is 20.2. The van der Waals surface area contributed by atoms with Crippen molar-refractivity contribution >= 4 is 22.4 Å². The van der Waals surface area contributed by atoms with Crippen molar-refractivity contribution in [2.45, 2.75) is 58.5 Å². The summed E-state index contributed by atoms with van der Waals surface area (Å²) in [5, 5.41) is 9.17. The molecule has 2 atom stereocenters. The van der Waals surface area contributed by atoms with E-state index in [2.05, 4.69) is 15.2 Å². The zero-order chi connectivity index (χ0) is 25.9. The van der Waals surface area contributed by atoms with Gasteiger partial charge in [0.15, 0.2) is 0 Å². The van der Waals surface area contributed by atoms with Gasteiger partial charge >= 0.3 is 12.1 Å². The number of aromatic nitrogens is 4. The lowest BCUT2D eigenvalue weighted by atomic mass is 9.92. The number of halogens is 3. The highest BCUT2D eigenvalue weighted by molar-refractivity contribution is 5.83. The van der Waals surface area contributed by atoms with Crippen molar-refractivity contribution in [3.8, 4) is 11.4 Å². The molecule has 8 nitrogen and oxygen atoms in total. The van der Waals surface area contributed by atoms with Gasteiger partial charge in [-0.1, -0.05) is 23.4 Å². The van der Waals surface area contributed by atoms with Crippen LogP contribution in [0.3, 0.4) is 0 Å². The second-order valence-electron chi connectivity index (χ2n) is 8.67. The number of rotatable bonds is 9. The number of benzene rings is 1. The molecule has 0 saturated heterocycles. The molecule has 0 spiro atoms. The van der Waals surface area contributed by atoms with Gasteiger partial charge < -0.3 is 14.0 Å². The number of allylic oxidation sites excluding steroid dienone is 2. The van der Waals surface area contributed by atoms with E-state index in [0.29, 0.717) is 31.6 Å². The summed E-state index contributed by atoms with van der Waals surface area (Å²) >= 11 is 0. The third-order valence-corrected chi connectivity index (χ3v) is 5.61. The maximum absolute atomic E-state index is 13.6. The Morgan fingerprint density at radius 3 is 2.81 bits per heavy atom. The maximum Gasteiger partial charge on any atom is 0.397 e. The zero-order valence-corrected chi connectivity index (χ0v) is 20.2. The van der Waals surface area contributed by atoms with Crippen LogP contribution in [-0.2, 0) is 20.8 Å². The van der Waals surface area contributed by atoms with Gasteiger partial charge in [-0.15, -0.1) is 0 Å².